The molecule has 0 aliphatic carbocycles. The van der Waals surface area contributed by atoms with Crippen molar-refractivity contribution >= 4 is 43.4 Å². The molecule has 0 atom stereocenters. The SMILES string of the molecule is CCOc1ccc2ccccc2c1C(=O)N(CCN1CCOCC1)c1nc2c(F)cc(F)cc2s1. The molecule has 0 radical (unpaired) electrons. The fourth-order valence-electron chi connectivity index (χ4n) is 4.29. The van der Waals surface area contributed by atoms with Crippen LogP contribution in [0, 0.1) is 11.6 Å². The van der Waals surface area contributed by atoms with Crippen LogP contribution in [-0.4, -0.2) is 61.8 Å². The van der Waals surface area contributed by atoms with E-state index in [1.165, 1.54) is 6.07 Å². The van der Waals surface area contributed by atoms with Crippen LogP contribution in [-0.2, 0) is 4.74 Å². The van der Waals surface area contributed by atoms with Crippen LogP contribution < -0.4 is 9.64 Å². The normalized spacial score (nSPS) is 14.5. The van der Waals surface area contributed by atoms with Gasteiger partial charge in [-0.05, 0) is 29.8 Å². The van der Waals surface area contributed by atoms with Crippen molar-refractivity contribution in [1.29, 1.82) is 0 Å². The van der Waals surface area contributed by atoms with Gasteiger partial charge in [-0.25, -0.2) is 13.8 Å². The van der Waals surface area contributed by atoms with Gasteiger partial charge >= 0.3 is 0 Å². The largest absolute Gasteiger partial charge is 0.493 e. The molecule has 9 heteroatoms. The Balaban J connectivity index is 1.59. The van der Waals surface area contributed by atoms with Gasteiger partial charge in [-0.15, -0.1) is 0 Å². The van der Waals surface area contributed by atoms with Gasteiger partial charge in [-0.3, -0.25) is 14.6 Å². The first kappa shape index (κ1) is 23.6. The van der Waals surface area contributed by atoms with Gasteiger partial charge in [0.25, 0.3) is 5.91 Å². The maximum Gasteiger partial charge on any atom is 0.264 e. The van der Waals surface area contributed by atoms with Gasteiger partial charge < -0.3 is 9.47 Å². The van der Waals surface area contributed by atoms with Gasteiger partial charge in [-0.2, -0.15) is 0 Å². The number of nitrogens with zero attached hydrogens (tertiary/aromatic N) is 3. The minimum Gasteiger partial charge on any atom is -0.493 e. The smallest absolute Gasteiger partial charge is 0.264 e. The number of halogens is 2. The Bertz CT molecular complexity index is 1370. The molecule has 1 amide bonds. The summed E-state index contributed by atoms with van der Waals surface area (Å²) in [5, 5.41) is 1.99. The molecule has 0 unspecified atom stereocenters. The topological polar surface area (TPSA) is 54.9 Å². The van der Waals surface area contributed by atoms with Crippen LogP contribution in [0.25, 0.3) is 21.0 Å². The summed E-state index contributed by atoms with van der Waals surface area (Å²) in [6.07, 6.45) is 0. The van der Waals surface area contributed by atoms with E-state index in [9.17, 15) is 13.6 Å². The highest BCUT2D eigenvalue weighted by molar-refractivity contribution is 7.22. The number of ether oxygens (including phenoxy) is 2. The molecule has 3 aromatic carbocycles. The van der Waals surface area contributed by atoms with E-state index in [4.69, 9.17) is 9.47 Å². The molecule has 0 spiro atoms. The Labute approximate surface area is 205 Å². The summed E-state index contributed by atoms with van der Waals surface area (Å²) < 4.78 is 39.9. The van der Waals surface area contributed by atoms with Crippen molar-refractivity contribution in [2.45, 2.75) is 6.92 Å². The predicted octanol–water partition coefficient (Wildman–Crippen LogP) is 5.11. The number of anilines is 1. The Morgan fingerprint density at radius 2 is 1.97 bits per heavy atom. The standard InChI is InChI=1S/C26H25F2N3O3S/c1-2-34-21-8-7-17-5-3-4-6-19(17)23(21)25(32)31(10-9-30-11-13-33-14-12-30)26-29-24-20(28)15-18(27)16-22(24)35-26/h3-8,15-16H,2,9-14H2,1H3. The second-order valence-corrected chi connectivity index (χ2v) is 9.24. The molecule has 4 aromatic rings. The van der Waals surface area contributed by atoms with Crippen molar-refractivity contribution in [3.63, 3.8) is 0 Å². The zero-order valence-corrected chi connectivity index (χ0v) is 20.1. The van der Waals surface area contributed by atoms with Gasteiger partial charge in [0.1, 0.15) is 17.1 Å². The van der Waals surface area contributed by atoms with Crippen LogP contribution >= 0.6 is 11.3 Å². The van der Waals surface area contributed by atoms with Gasteiger partial charge in [0.05, 0.1) is 30.1 Å². The van der Waals surface area contributed by atoms with E-state index in [-0.39, 0.29) is 11.4 Å². The summed E-state index contributed by atoms with van der Waals surface area (Å²) in [5.41, 5.74) is 0.483. The minimum atomic E-state index is -0.747. The third-order valence-electron chi connectivity index (χ3n) is 6.03. The Kier molecular flexibility index (Phi) is 6.90. The van der Waals surface area contributed by atoms with Crippen LogP contribution in [0.5, 0.6) is 5.75 Å². The van der Waals surface area contributed by atoms with Gasteiger partial charge in [-0.1, -0.05) is 41.7 Å². The van der Waals surface area contributed by atoms with E-state index in [2.05, 4.69) is 9.88 Å². The maximum absolute atomic E-state index is 14.5. The monoisotopic (exact) mass is 497 g/mol. The average Bonchev–Trinajstić information content (AvgIpc) is 3.29. The number of fused-ring (bicyclic) bond motifs is 2. The van der Waals surface area contributed by atoms with Crippen molar-refractivity contribution in [2.75, 3.05) is 50.9 Å². The highest BCUT2D eigenvalue weighted by Crippen LogP contribution is 2.35. The number of amides is 1. The van der Waals surface area contributed by atoms with E-state index in [0.717, 1.165) is 41.3 Å². The zero-order chi connectivity index (χ0) is 24.4. The molecular weight excluding hydrogens is 472 g/mol. The fraction of sp³-hybridized carbons (Fsp3) is 0.308. The first-order chi connectivity index (χ1) is 17.0. The lowest BCUT2D eigenvalue weighted by Crippen LogP contribution is -2.43. The number of morpholine rings is 1. The zero-order valence-electron chi connectivity index (χ0n) is 19.3. The number of carbonyl (C=O) groups is 1. The lowest BCUT2D eigenvalue weighted by Gasteiger charge is -2.29. The van der Waals surface area contributed by atoms with Gasteiger partial charge in [0.2, 0.25) is 0 Å². The van der Waals surface area contributed by atoms with Crippen LogP contribution in [0.2, 0.25) is 0 Å². The lowest BCUT2D eigenvalue weighted by atomic mass is 10.0. The van der Waals surface area contributed by atoms with Crippen molar-refractivity contribution < 1.29 is 23.0 Å². The molecule has 0 saturated carbocycles. The number of hydrogen-bond donors (Lipinski definition) is 0. The Morgan fingerprint density at radius 3 is 2.77 bits per heavy atom. The second-order valence-electron chi connectivity index (χ2n) is 8.23. The number of aromatic nitrogens is 1. The van der Waals surface area contributed by atoms with Crippen LogP contribution in [0.4, 0.5) is 13.9 Å². The highest BCUT2D eigenvalue weighted by Gasteiger charge is 2.27. The summed E-state index contributed by atoms with van der Waals surface area (Å²) in [6.45, 7) is 5.99. The molecule has 5 rings (SSSR count). The summed E-state index contributed by atoms with van der Waals surface area (Å²) in [7, 11) is 0. The first-order valence-corrected chi connectivity index (χ1v) is 12.4. The third kappa shape index (κ3) is 4.84. The van der Waals surface area contributed by atoms with Crippen molar-refractivity contribution in [1.82, 2.24) is 9.88 Å². The molecular formula is C26H25F2N3O3S. The Morgan fingerprint density at radius 1 is 1.17 bits per heavy atom. The van der Waals surface area contributed by atoms with Gasteiger partial charge in [0, 0.05) is 32.2 Å². The van der Waals surface area contributed by atoms with E-state index in [0.29, 0.717) is 54.1 Å². The van der Waals surface area contributed by atoms with E-state index < -0.39 is 11.6 Å². The molecule has 1 aliphatic rings. The fourth-order valence-corrected chi connectivity index (χ4v) is 5.32. The second kappa shape index (κ2) is 10.2. The molecule has 182 valence electrons. The van der Waals surface area contributed by atoms with Crippen LogP contribution in [0.3, 0.4) is 0 Å². The van der Waals surface area contributed by atoms with Crippen molar-refractivity contribution in [3.8, 4) is 5.75 Å². The molecule has 1 aromatic heterocycles. The quantitative estimate of drug-likeness (QED) is 0.355. The lowest BCUT2D eigenvalue weighted by molar-refractivity contribution is 0.0391. The number of benzene rings is 3. The molecule has 0 N–H and O–H groups in total. The average molecular weight is 498 g/mol. The van der Waals surface area contributed by atoms with E-state index in [1.54, 1.807) is 11.0 Å². The molecule has 35 heavy (non-hydrogen) atoms. The minimum absolute atomic E-state index is 0.0542. The number of hydrogen-bond acceptors (Lipinski definition) is 6. The number of rotatable bonds is 7. The van der Waals surface area contributed by atoms with Crippen LogP contribution in [0.15, 0.2) is 48.5 Å². The van der Waals surface area contributed by atoms with E-state index >= 15 is 0 Å². The summed E-state index contributed by atoms with van der Waals surface area (Å²) in [6, 6.07) is 13.4. The van der Waals surface area contributed by atoms with E-state index in [1.807, 2.05) is 37.3 Å². The third-order valence-corrected chi connectivity index (χ3v) is 7.05. The van der Waals surface area contributed by atoms with Crippen molar-refractivity contribution in [3.05, 3.63) is 65.7 Å². The number of thiazole rings is 1. The maximum atomic E-state index is 14.5. The summed E-state index contributed by atoms with van der Waals surface area (Å²) in [4.78, 5) is 22.3. The first-order valence-electron chi connectivity index (χ1n) is 11.6. The number of carbonyl (C=O) groups excluding carboxylic acids is 1. The van der Waals surface area contributed by atoms with Crippen molar-refractivity contribution in [2.24, 2.45) is 0 Å². The Hall–Kier alpha value is -3.14. The van der Waals surface area contributed by atoms with Gasteiger partial charge in [0.15, 0.2) is 10.9 Å². The highest BCUT2D eigenvalue weighted by atomic mass is 32.1. The molecule has 0 bridgehead atoms. The predicted molar refractivity (Wildman–Crippen MR) is 134 cm³/mol. The summed E-state index contributed by atoms with van der Waals surface area (Å²) >= 11 is 1.10. The van der Waals surface area contributed by atoms with Crippen LogP contribution in [0.1, 0.15) is 17.3 Å². The summed E-state index contributed by atoms with van der Waals surface area (Å²) in [5.74, 6) is -1.24. The molecule has 1 aliphatic heterocycles. The molecule has 1 fully saturated rings. The molecule has 2 heterocycles. The molecule has 1 saturated heterocycles. The molecule has 6 nitrogen and oxygen atoms in total.